The lowest BCUT2D eigenvalue weighted by Gasteiger charge is -2.10. The molecule has 0 heterocycles. The van der Waals surface area contributed by atoms with E-state index in [1.807, 2.05) is 24.3 Å². The minimum atomic E-state index is -0.158. The molecule has 4 nitrogen and oxygen atoms in total. The highest BCUT2D eigenvalue weighted by Crippen LogP contribution is 2.22. The molecule has 0 aliphatic rings. The minimum Gasteiger partial charge on any atom is -0.392 e. The van der Waals surface area contributed by atoms with E-state index in [1.165, 1.54) is 5.56 Å². The molecule has 5 heteroatoms. The van der Waals surface area contributed by atoms with E-state index in [4.69, 9.17) is 16.7 Å². The van der Waals surface area contributed by atoms with Crippen LogP contribution in [-0.4, -0.2) is 17.6 Å². The zero-order chi connectivity index (χ0) is 15.9. The molecule has 22 heavy (non-hydrogen) atoms. The van der Waals surface area contributed by atoms with Gasteiger partial charge >= 0.3 is 0 Å². The van der Waals surface area contributed by atoms with Crippen LogP contribution < -0.4 is 10.6 Å². The molecule has 0 saturated heterocycles. The maximum Gasteiger partial charge on any atom is 0.243 e. The smallest absolute Gasteiger partial charge is 0.243 e. The van der Waals surface area contributed by atoms with Crippen molar-refractivity contribution in [3.05, 3.63) is 58.6 Å². The molecular formula is C17H19ClN2O2. The van der Waals surface area contributed by atoms with E-state index in [2.05, 4.69) is 17.6 Å². The number of hydrogen-bond donors (Lipinski definition) is 3. The van der Waals surface area contributed by atoms with Gasteiger partial charge in [-0.2, -0.15) is 0 Å². The highest BCUT2D eigenvalue weighted by Gasteiger charge is 2.05. The van der Waals surface area contributed by atoms with Gasteiger partial charge < -0.3 is 15.7 Å². The van der Waals surface area contributed by atoms with E-state index in [0.29, 0.717) is 10.7 Å². The van der Waals surface area contributed by atoms with Gasteiger partial charge in [0.05, 0.1) is 23.9 Å². The largest absolute Gasteiger partial charge is 0.392 e. The van der Waals surface area contributed by atoms with Crippen LogP contribution in [-0.2, 0) is 17.8 Å². The molecule has 0 spiro atoms. The van der Waals surface area contributed by atoms with E-state index in [9.17, 15) is 4.79 Å². The third kappa shape index (κ3) is 4.48. The molecule has 0 bridgehead atoms. The molecule has 0 aliphatic carbocycles. The molecule has 0 aliphatic heterocycles. The summed E-state index contributed by atoms with van der Waals surface area (Å²) < 4.78 is 0. The number of aliphatic hydroxyl groups excluding tert-OH is 1. The predicted octanol–water partition coefficient (Wildman–Crippen LogP) is 3.45. The summed E-state index contributed by atoms with van der Waals surface area (Å²) in [5.41, 5.74) is 3.36. The number of nitrogens with one attached hydrogen (secondary N) is 2. The first-order chi connectivity index (χ1) is 10.6. The number of carbonyl (C=O) groups excluding carboxylic acids is 1. The highest BCUT2D eigenvalue weighted by molar-refractivity contribution is 6.33. The van der Waals surface area contributed by atoms with Crippen LogP contribution in [0.5, 0.6) is 0 Å². The Kier molecular flexibility index (Phi) is 5.81. The molecule has 2 aromatic rings. The summed E-state index contributed by atoms with van der Waals surface area (Å²) >= 11 is 6.05. The number of aryl methyl sites for hydroxylation is 1. The quantitative estimate of drug-likeness (QED) is 0.764. The van der Waals surface area contributed by atoms with Crippen molar-refractivity contribution in [3.8, 4) is 0 Å². The Morgan fingerprint density at radius 3 is 2.45 bits per heavy atom. The number of anilines is 2. The molecule has 1 amide bonds. The molecule has 0 radical (unpaired) electrons. The number of amides is 1. The van der Waals surface area contributed by atoms with Crippen molar-refractivity contribution < 1.29 is 9.90 Å². The molecule has 0 unspecified atom stereocenters. The lowest BCUT2D eigenvalue weighted by Crippen LogP contribution is -2.21. The zero-order valence-corrected chi connectivity index (χ0v) is 13.2. The minimum absolute atomic E-state index is 0.0676. The average molecular weight is 319 g/mol. The second kappa shape index (κ2) is 7.82. The van der Waals surface area contributed by atoms with Crippen LogP contribution in [0.15, 0.2) is 42.5 Å². The van der Waals surface area contributed by atoms with E-state index in [-0.39, 0.29) is 19.1 Å². The van der Waals surface area contributed by atoms with Crippen LogP contribution in [0.25, 0.3) is 0 Å². The van der Waals surface area contributed by atoms with Crippen LogP contribution in [0.3, 0.4) is 0 Å². The van der Waals surface area contributed by atoms with E-state index in [0.717, 1.165) is 17.7 Å². The van der Waals surface area contributed by atoms with Crippen molar-refractivity contribution in [3.63, 3.8) is 0 Å². The lowest BCUT2D eigenvalue weighted by atomic mass is 10.1. The maximum atomic E-state index is 11.9. The Hall–Kier alpha value is -2.04. The van der Waals surface area contributed by atoms with Gasteiger partial charge in [0.15, 0.2) is 0 Å². The van der Waals surface area contributed by atoms with Crippen molar-refractivity contribution in [2.24, 2.45) is 0 Å². The lowest BCUT2D eigenvalue weighted by molar-refractivity contribution is -0.114. The molecule has 2 rings (SSSR count). The topological polar surface area (TPSA) is 61.4 Å². The summed E-state index contributed by atoms with van der Waals surface area (Å²) in [6.07, 6.45) is 0.968. The predicted molar refractivity (Wildman–Crippen MR) is 90.3 cm³/mol. The number of hydrogen-bond acceptors (Lipinski definition) is 3. The summed E-state index contributed by atoms with van der Waals surface area (Å²) in [5.74, 6) is -0.158. The second-order valence-corrected chi connectivity index (χ2v) is 5.33. The Labute approximate surface area is 135 Å². The fraction of sp³-hybridized carbons (Fsp3) is 0.235. The van der Waals surface area contributed by atoms with Crippen LogP contribution in [0.2, 0.25) is 5.02 Å². The van der Waals surface area contributed by atoms with Gasteiger partial charge in [0.25, 0.3) is 0 Å². The van der Waals surface area contributed by atoms with Crippen molar-refractivity contribution >= 4 is 28.9 Å². The fourth-order valence-corrected chi connectivity index (χ4v) is 2.20. The van der Waals surface area contributed by atoms with Gasteiger partial charge in [0, 0.05) is 5.69 Å². The molecule has 0 saturated carbocycles. The van der Waals surface area contributed by atoms with Gasteiger partial charge in [-0.1, -0.05) is 36.7 Å². The Balaban J connectivity index is 1.92. The molecule has 0 fully saturated rings. The summed E-state index contributed by atoms with van der Waals surface area (Å²) in [6.45, 7) is 2.12. The first-order valence-corrected chi connectivity index (χ1v) is 7.52. The number of halogens is 1. The van der Waals surface area contributed by atoms with Crippen LogP contribution in [0, 0.1) is 0 Å². The van der Waals surface area contributed by atoms with Gasteiger partial charge in [-0.15, -0.1) is 0 Å². The van der Waals surface area contributed by atoms with E-state index in [1.54, 1.807) is 18.2 Å². The Bertz CT molecular complexity index is 642. The van der Waals surface area contributed by atoms with Crippen molar-refractivity contribution in [2.75, 3.05) is 17.2 Å². The first kappa shape index (κ1) is 16.3. The number of benzene rings is 2. The normalized spacial score (nSPS) is 10.3. The van der Waals surface area contributed by atoms with Gasteiger partial charge in [-0.3, -0.25) is 4.79 Å². The maximum absolute atomic E-state index is 11.9. The van der Waals surface area contributed by atoms with Gasteiger partial charge in [-0.25, -0.2) is 0 Å². The molecular weight excluding hydrogens is 300 g/mol. The summed E-state index contributed by atoms with van der Waals surface area (Å²) in [7, 11) is 0. The summed E-state index contributed by atoms with van der Waals surface area (Å²) in [4.78, 5) is 11.9. The van der Waals surface area contributed by atoms with Gasteiger partial charge in [0.1, 0.15) is 0 Å². The van der Waals surface area contributed by atoms with Gasteiger partial charge in [0.2, 0.25) is 5.91 Å². The first-order valence-electron chi connectivity index (χ1n) is 7.14. The SMILES string of the molecule is CCc1ccc(NC(=O)CNc2cc(CO)ccc2Cl)cc1. The standard InChI is InChI=1S/C17H19ClN2O2/c1-2-12-3-6-14(7-4-12)20-17(22)10-19-16-9-13(11-21)5-8-15(16)18/h3-9,19,21H,2,10-11H2,1H3,(H,20,22). The van der Waals surface area contributed by atoms with Crippen molar-refractivity contribution in [1.29, 1.82) is 0 Å². The van der Waals surface area contributed by atoms with E-state index >= 15 is 0 Å². The van der Waals surface area contributed by atoms with Crippen molar-refractivity contribution in [1.82, 2.24) is 0 Å². The summed E-state index contributed by atoms with van der Waals surface area (Å²) in [6, 6.07) is 12.9. The zero-order valence-electron chi connectivity index (χ0n) is 12.4. The summed E-state index contributed by atoms with van der Waals surface area (Å²) in [5, 5.41) is 15.4. The van der Waals surface area contributed by atoms with E-state index < -0.39 is 0 Å². The van der Waals surface area contributed by atoms with Crippen LogP contribution >= 0.6 is 11.6 Å². The fourth-order valence-electron chi connectivity index (χ4n) is 2.01. The number of carbonyl (C=O) groups is 1. The van der Waals surface area contributed by atoms with Crippen LogP contribution in [0.1, 0.15) is 18.1 Å². The third-order valence-electron chi connectivity index (χ3n) is 3.30. The third-order valence-corrected chi connectivity index (χ3v) is 3.63. The molecule has 2 aromatic carbocycles. The number of rotatable bonds is 6. The molecule has 116 valence electrons. The Morgan fingerprint density at radius 2 is 1.82 bits per heavy atom. The average Bonchev–Trinajstić information content (AvgIpc) is 2.55. The van der Waals surface area contributed by atoms with Gasteiger partial charge in [-0.05, 0) is 41.8 Å². The molecule has 0 aromatic heterocycles. The highest BCUT2D eigenvalue weighted by atomic mass is 35.5. The Morgan fingerprint density at radius 1 is 1.14 bits per heavy atom. The number of aliphatic hydroxyl groups is 1. The van der Waals surface area contributed by atoms with Crippen molar-refractivity contribution in [2.45, 2.75) is 20.0 Å². The second-order valence-electron chi connectivity index (χ2n) is 4.92. The van der Waals surface area contributed by atoms with Crippen LogP contribution in [0.4, 0.5) is 11.4 Å². The molecule has 0 atom stereocenters. The monoisotopic (exact) mass is 318 g/mol. The molecule has 3 N–H and O–H groups in total.